The van der Waals surface area contributed by atoms with E-state index in [1.165, 1.54) is 0 Å². The van der Waals surface area contributed by atoms with E-state index < -0.39 is 0 Å². The highest BCUT2D eigenvalue weighted by molar-refractivity contribution is 5.72. The molecule has 0 aliphatic heterocycles. The third-order valence-electron chi connectivity index (χ3n) is 1.21. The van der Waals surface area contributed by atoms with E-state index in [9.17, 15) is 0 Å². The maximum absolute atomic E-state index is 4.02. The van der Waals surface area contributed by atoms with Crippen molar-refractivity contribution in [1.82, 2.24) is 15.2 Å². The van der Waals surface area contributed by atoms with Crippen LogP contribution in [0.4, 0.5) is 0 Å². The molecule has 0 unspecified atom stereocenters. The van der Waals surface area contributed by atoms with E-state index in [4.69, 9.17) is 0 Å². The third-order valence-corrected chi connectivity index (χ3v) is 1.21. The molecule has 2 aromatic heterocycles. The van der Waals surface area contributed by atoms with Gasteiger partial charge in [0.2, 0.25) is 0 Å². The standard InChI is InChI=1S/C6H5N3.C2H6/c1-2-5-4-8-9-6(5)7-3-1;1-2/h1-4H,(H,7,8,9);1-2H3. The van der Waals surface area contributed by atoms with Gasteiger partial charge in [-0.05, 0) is 12.1 Å². The highest BCUT2D eigenvalue weighted by atomic mass is 15.1. The second kappa shape index (κ2) is 3.71. The van der Waals surface area contributed by atoms with Crippen molar-refractivity contribution in [3.8, 4) is 0 Å². The normalized spacial score (nSPS) is 8.91. The van der Waals surface area contributed by atoms with Gasteiger partial charge < -0.3 is 0 Å². The Morgan fingerprint density at radius 3 is 2.91 bits per heavy atom. The molecule has 0 bridgehead atoms. The second-order valence-electron chi connectivity index (χ2n) is 1.81. The lowest BCUT2D eigenvalue weighted by molar-refractivity contribution is 1.10. The van der Waals surface area contributed by atoms with Gasteiger partial charge in [0, 0.05) is 11.6 Å². The Morgan fingerprint density at radius 1 is 1.36 bits per heavy atom. The molecule has 2 aromatic rings. The number of fused-ring (bicyclic) bond motifs is 1. The Kier molecular flexibility index (Phi) is 2.60. The molecule has 2 heterocycles. The van der Waals surface area contributed by atoms with Crippen molar-refractivity contribution in [3.05, 3.63) is 24.5 Å². The molecule has 2 rings (SSSR count). The topological polar surface area (TPSA) is 41.6 Å². The van der Waals surface area contributed by atoms with Crippen molar-refractivity contribution in [2.75, 3.05) is 0 Å². The molecule has 3 heteroatoms. The summed E-state index contributed by atoms with van der Waals surface area (Å²) in [4.78, 5) is 4.02. The molecule has 0 aliphatic carbocycles. The van der Waals surface area contributed by atoms with Crippen molar-refractivity contribution in [2.45, 2.75) is 13.8 Å². The lowest BCUT2D eigenvalue weighted by atomic mass is 10.4. The van der Waals surface area contributed by atoms with Crippen molar-refractivity contribution >= 4 is 11.0 Å². The number of hydrogen-bond donors (Lipinski definition) is 1. The molecule has 3 nitrogen and oxygen atoms in total. The van der Waals surface area contributed by atoms with E-state index in [0.29, 0.717) is 0 Å². The van der Waals surface area contributed by atoms with Gasteiger partial charge in [0.15, 0.2) is 5.65 Å². The molecule has 1 N–H and O–H groups in total. The minimum atomic E-state index is 0.845. The Morgan fingerprint density at radius 2 is 2.18 bits per heavy atom. The predicted molar refractivity (Wildman–Crippen MR) is 45.2 cm³/mol. The van der Waals surface area contributed by atoms with E-state index in [1.807, 2.05) is 26.0 Å². The largest absolute Gasteiger partial charge is 0.261 e. The first-order valence-corrected chi connectivity index (χ1v) is 3.71. The molecule has 0 radical (unpaired) electrons. The van der Waals surface area contributed by atoms with Crippen LogP contribution in [0.25, 0.3) is 11.0 Å². The molecule has 0 atom stereocenters. The van der Waals surface area contributed by atoms with Gasteiger partial charge in [-0.2, -0.15) is 5.10 Å². The highest BCUT2D eigenvalue weighted by Gasteiger charge is 1.89. The number of rotatable bonds is 0. The number of H-pyrrole nitrogens is 1. The predicted octanol–water partition coefficient (Wildman–Crippen LogP) is 1.98. The molecular formula is C8H11N3. The summed E-state index contributed by atoms with van der Waals surface area (Å²) in [7, 11) is 0. The van der Waals surface area contributed by atoms with Crippen LogP contribution in [0.2, 0.25) is 0 Å². The van der Waals surface area contributed by atoms with Crippen LogP contribution >= 0.6 is 0 Å². The molecule has 0 aliphatic rings. The summed E-state index contributed by atoms with van der Waals surface area (Å²) in [6, 6.07) is 3.85. The van der Waals surface area contributed by atoms with Gasteiger partial charge in [-0.3, -0.25) is 5.10 Å². The minimum absolute atomic E-state index is 0.845. The Hall–Kier alpha value is -1.38. The lowest BCUT2D eigenvalue weighted by Gasteiger charge is -1.80. The number of aromatic amines is 1. The van der Waals surface area contributed by atoms with Crippen LogP contribution in [-0.4, -0.2) is 15.2 Å². The van der Waals surface area contributed by atoms with Crippen molar-refractivity contribution in [1.29, 1.82) is 0 Å². The number of nitrogens with one attached hydrogen (secondary N) is 1. The van der Waals surface area contributed by atoms with Crippen LogP contribution in [0.1, 0.15) is 13.8 Å². The van der Waals surface area contributed by atoms with Gasteiger partial charge in [0.25, 0.3) is 0 Å². The van der Waals surface area contributed by atoms with Gasteiger partial charge >= 0.3 is 0 Å². The molecule has 58 valence electrons. The highest BCUT2D eigenvalue weighted by Crippen LogP contribution is 2.03. The summed E-state index contributed by atoms with van der Waals surface area (Å²) in [5.41, 5.74) is 0.845. The summed E-state index contributed by atoms with van der Waals surface area (Å²) in [6.07, 6.45) is 3.49. The molecule has 0 fully saturated rings. The van der Waals surface area contributed by atoms with Gasteiger partial charge in [0.1, 0.15) is 0 Å². The van der Waals surface area contributed by atoms with E-state index in [2.05, 4.69) is 15.2 Å². The molecule has 0 saturated carbocycles. The zero-order chi connectivity index (χ0) is 8.10. The van der Waals surface area contributed by atoms with Gasteiger partial charge in [-0.15, -0.1) is 0 Å². The first-order chi connectivity index (χ1) is 5.47. The van der Waals surface area contributed by atoms with Crippen molar-refractivity contribution in [2.24, 2.45) is 0 Å². The average Bonchev–Trinajstić information content (AvgIpc) is 2.55. The third kappa shape index (κ3) is 1.55. The quantitative estimate of drug-likeness (QED) is 0.622. The summed E-state index contributed by atoms with van der Waals surface area (Å²) < 4.78 is 0. The maximum Gasteiger partial charge on any atom is 0.155 e. The number of hydrogen-bond acceptors (Lipinski definition) is 2. The molecule has 0 saturated heterocycles. The van der Waals surface area contributed by atoms with Crippen molar-refractivity contribution in [3.63, 3.8) is 0 Å². The zero-order valence-electron chi connectivity index (χ0n) is 6.70. The Balaban J connectivity index is 0.000000281. The Labute approximate surface area is 65.5 Å². The van der Waals surface area contributed by atoms with Crippen LogP contribution in [-0.2, 0) is 0 Å². The Bertz CT molecular complexity index is 283. The molecule has 0 aromatic carbocycles. The SMILES string of the molecule is CC.c1cnc2[nH]ncc2c1. The van der Waals surface area contributed by atoms with Crippen LogP contribution in [0.3, 0.4) is 0 Å². The van der Waals surface area contributed by atoms with Crippen LogP contribution in [0.5, 0.6) is 0 Å². The van der Waals surface area contributed by atoms with Crippen LogP contribution in [0, 0.1) is 0 Å². The average molecular weight is 149 g/mol. The van der Waals surface area contributed by atoms with E-state index in [1.54, 1.807) is 12.4 Å². The first-order valence-electron chi connectivity index (χ1n) is 3.71. The molecule has 0 spiro atoms. The summed E-state index contributed by atoms with van der Waals surface area (Å²) >= 11 is 0. The summed E-state index contributed by atoms with van der Waals surface area (Å²) in [6.45, 7) is 4.00. The van der Waals surface area contributed by atoms with E-state index in [0.717, 1.165) is 11.0 Å². The van der Waals surface area contributed by atoms with Crippen molar-refractivity contribution < 1.29 is 0 Å². The second-order valence-corrected chi connectivity index (χ2v) is 1.81. The lowest BCUT2D eigenvalue weighted by Crippen LogP contribution is -1.71. The molecule has 0 amide bonds. The number of pyridine rings is 1. The van der Waals surface area contributed by atoms with Crippen LogP contribution < -0.4 is 0 Å². The molecular weight excluding hydrogens is 138 g/mol. The van der Waals surface area contributed by atoms with E-state index in [-0.39, 0.29) is 0 Å². The monoisotopic (exact) mass is 149 g/mol. The fourth-order valence-corrected chi connectivity index (χ4v) is 0.778. The van der Waals surface area contributed by atoms with Gasteiger partial charge in [-0.25, -0.2) is 4.98 Å². The van der Waals surface area contributed by atoms with Gasteiger partial charge in [0.05, 0.1) is 6.20 Å². The van der Waals surface area contributed by atoms with E-state index >= 15 is 0 Å². The zero-order valence-corrected chi connectivity index (χ0v) is 6.70. The first kappa shape index (κ1) is 7.72. The number of aromatic nitrogens is 3. The fraction of sp³-hybridized carbons (Fsp3) is 0.250. The fourth-order valence-electron chi connectivity index (χ4n) is 0.778. The smallest absolute Gasteiger partial charge is 0.155 e. The summed E-state index contributed by atoms with van der Waals surface area (Å²) in [5, 5.41) is 7.63. The minimum Gasteiger partial charge on any atom is -0.261 e. The molecule has 11 heavy (non-hydrogen) atoms. The van der Waals surface area contributed by atoms with Gasteiger partial charge in [-0.1, -0.05) is 13.8 Å². The summed E-state index contributed by atoms with van der Waals surface area (Å²) in [5.74, 6) is 0. The number of nitrogens with zero attached hydrogens (tertiary/aromatic N) is 2. The maximum atomic E-state index is 4.02. The van der Waals surface area contributed by atoms with Crippen LogP contribution in [0.15, 0.2) is 24.5 Å².